The SMILES string of the molecule is O=C(CSc1nc(-c2ccccc2)c(NC(=O)c2c(F)cccc2F)s1)NC1CC1. The van der Waals surface area contributed by atoms with Crippen LogP contribution in [0.3, 0.4) is 0 Å². The highest BCUT2D eigenvalue weighted by atomic mass is 32.2. The zero-order valence-electron chi connectivity index (χ0n) is 15.7. The van der Waals surface area contributed by atoms with Crippen LogP contribution in [0.4, 0.5) is 13.8 Å². The summed E-state index contributed by atoms with van der Waals surface area (Å²) >= 11 is 2.41. The van der Waals surface area contributed by atoms with Crippen LogP contribution in [-0.2, 0) is 4.79 Å². The van der Waals surface area contributed by atoms with Crippen LogP contribution in [0, 0.1) is 11.6 Å². The number of carbonyl (C=O) groups excluding carboxylic acids is 2. The molecule has 0 aliphatic heterocycles. The van der Waals surface area contributed by atoms with Crippen LogP contribution >= 0.6 is 23.1 Å². The summed E-state index contributed by atoms with van der Waals surface area (Å²) in [6.45, 7) is 0. The number of hydrogen-bond acceptors (Lipinski definition) is 5. The zero-order chi connectivity index (χ0) is 21.1. The minimum atomic E-state index is -0.940. The van der Waals surface area contributed by atoms with Gasteiger partial charge in [-0.2, -0.15) is 0 Å². The van der Waals surface area contributed by atoms with Crippen molar-refractivity contribution in [1.82, 2.24) is 10.3 Å². The summed E-state index contributed by atoms with van der Waals surface area (Å²) in [7, 11) is 0. The highest BCUT2D eigenvalue weighted by molar-refractivity contribution is 8.01. The van der Waals surface area contributed by atoms with E-state index in [1.165, 1.54) is 17.8 Å². The molecule has 0 unspecified atom stereocenters. The van der Waals surface area contributed by atoms with Crippen LogP contribution < -0.4 is 10.6 Å². The summed E-state index contributed by atoms with van der Waals surface area (Å²) in [4.78, 5) is 29.1. The molecule has 1 aliphatic carbocycles. The lowest BCUT2D eigenvalue weighted by Crippen LogP contribution is -2.26. The quantitative estimate of drug-likeness (QED) is 0.517. The first-order chi connectivity index (χ1) is 14.5. The molecule has 0 atom stereocenters. The molecule has 1 aromatic heterocycles. The second-order valence-electron chi connectivity index (χ2n) is 6.70. The van der Waals surface area contributed by atoms with Crippen LogP contribution in [0.5, 0.6) is 0 Å². The molecule has 3 aromatic rings. The van der Waals surface area contributed by atoms with Crippen molar-refractivity contribution in [2.24, 2.45) is 0 Å². The first-order valence-electron chi connectivity index (χ1n) is 9.25. The predicted octanol–water partition coefficient (Wildman–Crippen LogP) is 4.71. The molecule has 9 heteroatoms. The lowest BCUT2D eigenvalue weighted by atomic mass is 10.1. The number of halogens is 2. The largest absolute Gasteiger partial charge is 0.353 e. The minimum Gasteiger partial charge on any atom is -0.353 e. The first-order valence-corrected chi connectivity index (χ1v) is 11.0. The van der Waals surface area contributed by atoms with E-state index in [2.05, 4.69) is 15.6 Å². The van der Waals surface area contributed by atoms with Gasteiger partial charge in [-0.1, -0.05) is 59.5 Å². The smallest absolute Gasteiger partial charge is 0.262 e. The Morgan fingerprint density at radius 1 is 1.07 bits per heavy atom. The molecule has 0 bridgehead atoms. The summed E-state index contributed by atoms with van der Waals surface area (Å²) in [5.41, 5.74) is 0.575. The molecule has 4 rings (SSSR count). The van der Waals surface area contributed by atoms with Crippen LogP contribution in [0.1, 0.15) is 23.2 Å². The molecule has 0 radical (unpaired) electrons. The number of carbonyl (C=O) groups is 2. The Kier molecular flexibility index (Phi) is 6.10. The normalized spacial score (nSPS) is 13.1. The fraction of sp³-hybridized carbons (Fsp3) is 0.190. The number of thioether (sulfide) groups is 1. The molecule has 1 heterocycles. The number of amides is 2. The van der Waals surface area contributed by atoms with E-state index in [0.29, 0.717) is 15.0 Å². The third-order valence-corrected chi connectivity index (χ3v) is 6.45. The van der Waals surface area contributed by atoms with Crippen molar-refractivity contribution in [3.63, 3.8) is 0 Å². The van der Waals surface area contributed by atoms with Gasteiger partial charge in [0, 0.05) is 11.6 Å². The molecule has 1 aliphatic rings. The molecule has 154 valence electrons. The van der Waals surface area contributed by atoms with E-state index in [-0.39, 0.29) is 17.7 Å². The number of nitrogens with one attached hydrogen (secondary N) is 2. The monoisotopic (exact) mass is 445 g/mol. The molecule has 2 amide bonds. The molecule has 0 saturated heterocycles. The van der Waals surface area contributed by atoms with Crippen molar-refractivity contribution in [2.45, 2.75) is 23.2 Å². The van der Waals surface area contributed by atoms with E-state index in [0.717, 1.165) is 41.9 Å². The van der Waals surface area contributed by atoms with Crippen molar-refractivity contribution in [1.29, 1.82) is 0 Å². The Morgan fingerprint density at radius 2 is 1.77 bits per heavy atom. The van der Waals surface area contributed by atoms with Gasteiger partial charge in [-0.3, -0.25) is 9.59 Å². The van der Waals surface area contributed by atoms with Gasteiger partial charge in [0.1, 0.15) is 27.9 Å². The van der Waals surface area contributed by atoms with Gasteiger partial charge in [-0.15, -0.1) is 0 Å². The summed E-state index contributed by atoms with van der Waals surface area (Å²) in [6.07, 6.45) is 2.02. The van der Waals surface area contributed by atoms with Crippen molar-refractivity contribution in [3.05, 3.63) is 65.7 Å². The Balaban J connectivity index is 1.57. The van der Waals surface area contributed by atoms with Crippen LogP contribution in [0.25, 0.3) is 11.3 Å². The van der Waals surface area contributed by atoms with Gasteiger partial charge in [0.15, 0.2) is 4.34 Å². The Morgan fingerprint density at radius 3 is 2.43 bits per heavy atom. The van der Waals surface area contributed by atoms with Gasteiger partial charge >= 0.3 is 0 Å². The van der Waals surface area contributed by atoms with Crippen molar-refractivity contribution < 1.29 is 18.4 Å². The zero-order valence-corrected chi connectivity index (χ0v) is 17.3. The van der Waals surface area contributed by atoms with E-state index >= 15 is 0 Å². The number of anilines is 1. The molecule has 30 heavy (non-hydrogen) atoms. The maximum Gasteiger partial charge on any atom is 0.262 e. The Labute approximate surface area is 179 Å². The number of benzene rings is 2. The molecular formula is C21H17F2N3O2S2. The molecular weight excluding hydrogens is 428 g/mol. The number of nitrogens with zero attached hydrogens (tertiary/aromatic N) is 1. The number of rotatable bonds is 7. The Bertz CT molecular complexity index is 1060. The van der Waals surface area contributed by atoms with E-state index in [9.17, 15) is 18.4 Å². The Hall–Kier alpha value is -2.78. The van der Waals surface area contributed by atoms with Gasteiger partial charge in [0.2, 0.25) is 5.91 Å². The minimum absolute atomic E-state index is 0.0713. The molecule has 1 fully saturated rings. The van der Waals surface area contributed by atoms with Crippen LogP contribution in [-0.4, -0.2) is 28.6 Å². The van der Waals surface area contributed by atoms with Gasteiger partial charge in [-0.05, 0) is 25.0 Å². The van der Waals surface area contributed by atoms with E-state index < -0.39 is 23.1 Å². The maximum atomic E-state index is 14.0. The van der Waals surface area contributed by atoms with Crippen LogP contribution in [0.2, 0.25) is 0 Å². The number of hydrogen-bond donors (Lipinski definition) is 2. The fourth-order valence-electron chi connectivity index (χ4n) is 2.74. The first kappa shape index (κ1) is 20.5. The van der Waals surface area contributed by atoms with Gasteiger partial charge in [0.05, 0.1) is 5.75 Å². The fourth-order valence-corrected chi connectivity index (χ4v) is 4.61. The van der Waals surface area contributed by atoms with Gasteiger partial charge in [-0.25, -0.2) is 13.8 Å². The second-order valence-corrected chi connectivity index (χ2v) is 8.93. The third kappa shape index (κ3) is 4.85. The maximum absolute atomic E-state index is 14.0. The summed E-state index contributed by atoms with van der Waals surface area (Å²) < 4.78 is 28.6. The summed E-state index contributed by atoms with van der Waals surface area (Å²) in [5, 5.41) is 5.85. The highest BCUT2D eigenvalue weighted by Gasteiger charge is 2.24. The molecule has 2 aromatic carbocycles. The lowest BCUT2D eigenvalue weighted by Gasteiger charge is -2.07. The average molecular weight is 446 g/mol. The molecule has 1 saturated carbocycles. The lowest BCUT2D eigenvalue weighted by molar-refractivity contribution is -0.118. The standard InChI is InChI=1S/C21H17F2N3O2S2/c22-14-7-4-8-15(23)17(14)19(28)26-20-18(12-5-2-1-3-6-12)25-21(30-20)29-11-16(27)24-13-9-10-13/h1-8,13H,9-11H2,(H,24,27)(H,26,28). The summed E-state index contributed by atoms with van der Waals surface area (Å²) in [6, 6.07) is 12.7. The molecule has 0 spiro atoms. The van der Waals surface area contributed by atoms with Gasteiger partial charge < -0.3 is 10.6 Å². The number of thiazole rings is 1. The van der Waals surface area contributed by atoms with Crippen molar-refractivity contribution in [2.75, 3.05) is 11.1 Å². The predicted molar refractivity (Wildman–Crippen MR) is 114 cm³/mol. The molecule has 2 N–H and O–H groups in total. The van der Waals surface area contributed by atoms with Crippen molar-refractivity contribution >= 4 is 39.9 Å². The second kappa shape index (κ2) is 8.93. The molecule has 5 nitrogen and oxygen atoms in total. The van der Waals surface area contributed by atoms with E-state index in [1.54, 1.807) is 0 Å². The highest BCUT2D eigenvalue weighted by Crippen LogP contribution is 2.38. The average Bonchev–Trinajstić information content (AvgIpc) is 3.45. The van der Waals surface area contributed by atoms with E-state index in [1.807, 2.05) is 30.3 Å². The van der Waals surface area contributed by atoms with E-state index in [4.69, 9.17) is 0 Å². The topological polar surface area (TPSA) is 71.1 Å². The van der Waals surface area contributed by atoms with Crippen LogP contribution in [0.15, 0.2) is 52.9 Å². The van der Waals surface area contributed by atoms with Gasteiger partial charge in [0.25, 0.3) is 5.91 Å². The third-order valence-electron chi connectivity index (χ3n) is 4.34. The number of aromatic nitrogens is 1. The van der Waals surface area contributed by atoms with Crippen molar-refractivity contribution in [3.8, 4) is 11.3 Å². The summed E-state index contributed by atoms with van der Waals surface area (Å²) in [5.74, 6) is -2.64.